The first-order chi connectivity index (χ1) is 22.6. The third-order valence-corrected chi connectivity index (χ3v) is 10.7. The smallest absolute Gasteiger partial charge is 0.264 e. The van der Waals surface area contributed by atoms with Gasteiger partial charge in [-0.3, -0.25) is 13.9 Å². The van der Waals surface area contributed by atoms with E-state index < -0.39 is 28.5 Å². The molecule has 4 aromatic rings. The SMILES string of the molecule is Cc1ccc(N(CC(=O)N(Cc2cccc(C)c2)C(Cc2ccccc2)C(=O)NC2CCCCC2)S(=O)(=O)c2ccc(Cl)cc2)cc1. The average Bonchev–Trinajstić information content (AvgIpc) is 3.06. The lowest BCUT2D eigenvalue weighted by atomic mass is 9.94. The van der Waals surface area contributed by atoms with Crippen LogP contribution in [0.2, 0.25) is 5.02 Å². The zero-order chi connectivity index (χ0) is 33.4. The van der Waals surface area contributed by atoms with Gasteiger partial charge in [-0.25, -0.2) is 8.42 Å². The highest BCUT2D eigenvalue weighted by molar-refractivity contribution is 7.92. The summed E-state index contributed by atoms with van der Waals surface area (Å²) in [6.07, 6.45) is 5.33. The molecule has 2 amide bonds. The number of anilines is 1. The van der Waals surface area contributed by atoms with Gasteiger partial charge in [0, 0.05) is 24.0 Å². The van der Waals surface area contributed by atoms with E-state index in [2.05, 4.69) is 5.32 Å². The van der Waals surface area contributed by atoms with E-state index in [1.165, 1.54) is 24.3 Å². The number of rotatable bonds is 12. The van der Waals surface area contributed by atoms with Gasteiger partial charge in [-0.1, -0.05) is 109 Å². The topological polar surface area (TPSA) is 86.8 Å². The Kier molecular flexibility index (Phi) is 11.4. The third-order valence-electron chi connectivity index (χ3n) is 8.66. The van der Waals surface area contributed by atoms with Crippen molar-refractivity contribution in [1.82, 2.24) is 10.2 Å². The van der Waals surface area contributed by atoms with E-state index in [0.717, 1.165) is 58.7 Å². The molecule has 0 saturated heterocycles. The Balaban J connectivity index is 1.56. The van der Waals surface area contributed by atoms with Crippen LogP contribution in [0.15, 0.2) is 108 Å². The molecule has 0 aromatic heterocycles. The summed E-state index contributed by atoms with van der Waals surface area (Å²) < 4.78 is 29.5. The maximum atomic E-state index is 14.7. The van der Waals surface area contributed by atoms with Crippen LogP contribution in [0.3, 0.4) is 0 Å². The summed E-state index contributed by atoms with van der Waals surface area (Å²) >= 11 is 6.08. The maximum absolute atomic E-state index is 14.7. The first kappa shape index (κ1) is 34.2. The van der Waals surface area contributed by atoms with E-state index >= 15 is 0 Å². The minimum atomic E-state index is -4.19. The lowest BCUT2D eigenvalue weighted by Gasteiger charge is -2.35. The average molecular weight is 672 g/mol. The second kappa shape index (κ2) is 15.6. The Hall–Kier alpha value is -4.14. The fraction of sp³-hybridized carbons (Fsp3) is 0.316. The van der Waals surface area contributed by atoms with Gasteiger partial charge in [0.25, 0.3) is 10.0 Å². The minimum absolute atomic E-state index is 0.0105. The Morgan fingerprint density at radius 1 is 0.809 bits per heavy atom. The van der Waals surface area contributed by atoms with Crippen molar-refractivity contribution in [1.29, 1.82) is 0 Å². The summed E-state index contributed by atoms with van der Waals surface area (Å²) in [5.41, 5.74) is 4.08. The minimum Gasteiger partial charge on any atom is -0.352 e. The molecule has 1 atom stereocenters. The molecule has 1 fully saturated rings. The van der Waals surface area contributed by atoms with E-state index in [1.54, 1.807) is 17.0 Å². The number of carbonyl (C=O) groups excluding carboxylic acids is 2. The molecule has 0 heterocycles. The fourth-order valence-electron chi connectivity index (χ4n) is 6.08. The molecule has 1 saturated carbocycles. The van der Waals surface area contributed by atoms with Gasteiger partial charge >= 0.3 is 0 Å². The van der Waals surface area contributed by atoms with Gasteiger partial charge < -0.3 is 10.2 Å². The standard InChI is InChI=1S/C38H42ClN3O4S/c1-28-16-20-34(21-17-28)42(47(45,46)35-22-18-32(39)19-23-35)27-37(43)41(26-31-13-9-10-29(2)24-31)36(25-30-11-5-3-6-12-30)38(44)40-33-14-7-4-8-15-33/h3,5-6,9-13,16-24,33,36H,4,7-8,14-15,25-27H2,1-2H3,(H,40,44). The van der Waals surface area contributed by atoms with E-state index in [1.807, 2.05) is 80.6 Å². The van der Waals surface area contributed by atoms with Crippen molar-refractivity contribution >= 4 is 39.1 Å². The molecule has 0 bridgehead atoms. The molecule has 1 N–H and O–H groups in total. The van der Waals surface area contributed by atoms with Crippen molar-refractivity contribution in [3.05, 3.63) is 130 Å². The zero-order valence-electron chi connectivity index (χ0n) is 26.9. The van der Waals surface area contributed by atoms with Crippen LogP contribution in [0.1, 0.15) is 54.4 Å². The third kappa shape index (κ3) is 9.02. The molecule has 5 rings (SSSR count). The molecule has 4 aromatic carbocycles. The van der Waals surface area contributed by atoms with Gasteiger partial charge in [0.15, 0.2) is 0 Å². The van der Waals surface area contributed by atoms with Crippen molar-refractivity contribution in [2.24, 2.45) is 0 Å². The second-order valence-corrected chi connectivity index (χ2v) is 14.7. The quantitative estimate of drug-likeness (QED) is 0.172. The second-order valence-electron chi connectivity index (χ2n) is 12.4. The molecule has 0 radical (unpaired) electrons. The van der Waals surface area contributed by atoms with Crippen LogP contribution >= 0.6 is 11.6 Å². The number of halogens is 1. The van der Waals surface area contributed by atoms with Crippen molar-refractivity contribution in [2.45, 2.75) is 75.9 Å². The molecular formula is C38H42ClN3O4S. The van der Waals surface area contributed by atoms with E-state index in [0.29, 0.717) is 10.7 Å². The highest BCUT2D eigenvalue weighted by Gasteiger charge is 2.35. The number of carbonyl (C=O) groups is 2. The summed E-state index contributed by atoms with van der Waals surface area (Å²) in [7, 11) is -4.19. The Labute approximate surface area is 283 Å². The maximum Gasteiger partial charge on any atom is 0.264 e. The number of amides is 2. The van der Waals surface area contributed by atoms with Crippen LogP contribution in [0.4, 0.5) is 5.69 Å². The van der Waals surface area contributed by atoms with Crippen LogP contribution < -0.4 is 9.62 Å². The predicted molar refractivity (Wildman–Crippen MR) is 188 cm³/mol. The summed E-state index contributed by atoms with van der Waals surface area (Å²) in [6, 6.07) is 29.5. The van der Waals surface area contributed by atoms with Crippen LogP contribution in [-0.4, -0.2) is 43.8 Å². The lowest BCUT2D eigenvalue weighted by Crippen LogP contribution is -2.55. The first-order valence-electron chi connectivity index (χ1n) is 16.1. The van der Waals surface area contributed by atoms with Crippen LogP contribution in [0.25, 0.3) is 0 Å². The number of nitrogens with zero attached hydrogens (tertiary/aromatic N) is 2. The van der Waals surface area contributed by atoms with Crippen LogP contribution in [0, 0.1) is 13.8 Å². The van der Waals surface area contributed by atoms with Gasteiger partial charge in [-0.2, -0.15) is 0 Å². The zero-order valence-corrected chi connectivity index (χ0v) is 28.5. The summed E-state index contributed by atoms with van der Waals surface area (Å²) in [5, 5.41) is 3.65. The van der Waals surface area contributed by atoms with Crippen LogP contribution in [0.5, 0.6) is 0 Å². The Morgan fingerprint density at radius 3 is 2.13 bits per heavy atom. The van der Waals surface area contributed by atoms with Crippen molar-refractivity contribution < 1.29 is 18.0 Å². The van der Waals surface area contributed by atoms with Crippen molar-refractivity contribution in [3.8, 4) is 0 Å². The monoisotopic (exact) mass is 671 g/mol. The fourth-order valence-corrected chi connectivity index (χ4v) is 7.62. The largest absolute Gasteiger partial charge is 0.352 e. The lowest BCUT2D eigenvalue weighted by molar-refractivity contribution is -0.140. The van der Waals surface area contributed by atoms with E-state index in [9.17, 15) is 18.0 Å². The molecule has 7 nitrogen and oxygen atoms in total. The molecule has 1 aliphatic carbocycles. The predicted octanol–water partition coefficient (Wildman–Crippen LogP) is 7.24. The molecule has 246 valence electrons. The number of sulfonamides is 1. The Bertz CT molecular complexity index is 1760. The number of hydrogen-bond acceptors (Lipinski definition) is 4. The molecular weight excluding hydrogens is 630 g/mol. The normalized spacial score (nSPS) is 14.3. The summed E-state index contributed by atoms with van der Waals surface area (Å²) in [6.45, 7) is 3.53. The highest BCUT2D eigenvalue weighted by Crippen LogP contribution is 2.27. The van der Waals surface area contributed by atoms with Gasteiger partial charge in [-0.05, 0) is 74.2 Å². The van der Waals surface area contributed by atoms with E-state index in [-0.39, 0.29) is 29.8 Å². The molecule has 1 unspecified atom stereocenters. The van der Waals surface area contributed by atoms with Gasteiger partial charge in [0.2, 0.25) is 11.8 Å². The molecule has 0 spiro atoms. The first-order valence-corrected chi connectivity index (χ1v) is 18.0. The molecule has 1 aliphatic rings. The molecule has 9 heteroatoms. The number of hydrogen-bond donors (Lipinski definition) is 1. The molecule has 0 aliphatic heterocycles. The Morgan fingerprint density at radius 2 is 1.47 bits per heavy atom. The van der Waals surface area contributed by atoms with Crippen molar-refractivity contribution in [3.63, 3.8) is 0 Å². The molecule has 47 heavy (non-hydrogen) atoms. The van der Waals surface area contributed by atoms with Crippen molar-refractivity contribution in [2.75, 3.05) is 10.8 Å². The van der Waals surface area contributed by atoms with Gasteiger partial charge in [-0.15, -0.1) is 0 Å². The number of benzene rings is 4. The highest BCUT2D eigenvalue weighted by atomic mass is 35.5. The number of aryl methyl sites for hydroxylation is 2. The summed E-state index contributed by atoms with van der Waals surface area (Å²) in [5.74, 6) is -0.714. The van der Waals surface area contributed by atoms with E-state index in [4.69, 9.17) is 11.6 Å². The summed E-state index contributed by atoms with van der Waals surface area (Å²) in [4.78, 5) is 30.4. The van der Waals surface area contributed by atoms with Crippen LogP contribution in [-0.2, 0) is 32.6 Å². The number of nitrogens with one attached hydrogen (secondary N) is 1. The van der Waals surface area contributed by atoms with Gasteiger partial charge in [0.05, 0.1) is 10.6 Å². The van der Waals surface area contributed by atoms with Gasteiger partial charge in [0.1, 0.15) is 12.6 Å².